The molecule has 1 aliphatic heterocycles. The van der Waals surface area contributed by atoms with Crippen molar-refractivity contribution in [1.29, 1.82) is 0 Å². The van der Waals surface area contributed by atoms with Crippen LogP contribution in [0.15, 0.2) is 67.3 Å². The molecule has 0 bridgehead atoms. The van der Waals surface area contributed by atoms with Crippen molar-refractivity contribution < 1.29 is 18.0 Å². The quantitative estimate of drug-likeness (QED) is 0.569. The maximum Gasteiger partial charge on any atom is 0.243 e. The maximum absolute atomic E-state index is 12.8. The number of carbonyl (C=O) groups excluding carboxylic acids is 2. The van der Waals surface area contributed by atoms with E-state index in [0.29, 0.717) is 43.7 Å². The fourth-order valence-electron chi connectivity index (χ4n) is 3.68. The second-order valence-electron chi connectivity index (χ2n) is 7.96. The van der Waals surface area contributed by atoms with Crippen LogP contribution >= 0.6 is 0 Å². The number of anilines is 1. The summed E-state index contributed by atoms with van der Waals surface area (Å²) in [4.78, 5) is 23.5. The molecule has 2 amide bonds. The largest absolute Gasteiger partial charge is 0.352 e. The number of hydrogen-bond donors (Lipinski definition) is 2. The number of sulfonamides is 1. The lowest BCUT2D eigenvalue weighted by molar-refractivity contribution is -0.117. The van der Waals surface area contributed by atoms with Gasteiger partial charge in [0, 0.05) is 25.3 Å². The lowest BCUT2D eigenvalue weighted by atomic mass is 9.98. The molecule has 32 heavy (non-hydrogen) atoms. The minimum Gasteiger partial charge on any atom is -0.352 e. The highest BCUT2D eigenvalue weighted by molar-refractivity contribution is 7.88. The van der Waals surface area contributed by atoms with Gasteiger partial charge >= 0.3 is 0 Å². The van der Waals surface area contributed by atoms with E-state index in [9.17, 15) is 18.0 Å². The summed E-state index contributed by atoms with van der Waals surface area (Å²) in [6, 6.07) is 16.4. The Morgan fingerprint density at radius 3 is 2.28 bits per heavy atom. The first-order valence-corrected chi connectivity index (χ1v) is 12.3. The van der Waals surface area contributed by atoms with Gasteiger partial charge in [-0.15, -0.1) is 0 Å². The first-order valence-electron chi connectivity index (χ1n) is 10.7. The van der Waals surface area contributed by atoms with Crippen LogP contribution < -0.4 is 10.6 Å². The zero-order valence-corrected chi connectivity index (χ0v) is 18.8. The topological polar surface area (TPSA) is 95.6 Å². The van der Waals surface area contributed by atoms with Gasteiger partial charge in [-0.05, 0) is 48.1 Å². The predicted octanol–water partition coefficient (Wildman–Crippen LogP) is 2.71. The molecule has 2 aromatic rings. The summed E-state index contributed by atoms with van der Waals surface area (Å²) in [5, 5.41) is 5.61. The summed E-state index contributed by atoms with van der Waals surface area (Å²) in [6.07, 6.45) is 2.94. The Labute approximate surface area is 189 Å². The van der Waals surface area contributed by atoms with Gasteiger partial charge in [0.1, 0.15) is 0 Å². The molecule has 1 fully saturated rings. The summed E-state index contributed by atoms with van der Waals surface area (Å²) in [7, 11) is -3.43. The second kappa shape index (κ2) is 11.1. The molecule has 1 aliphatic rings. The molecule has 0 saturated carbocycles. The highest BCUT2D eigenvalue weighted by Crippen LogP contribution is 2.22. The van der Waals surface area contributed by atoms with E-state index < -0.39 is 10.0 Å². The Hall–Kier alpha value is -2.97. The van der Waals surface area contributed by atoms with Gasteiger partial charge in [0.25, 0.3) is 0 Å². The number of rotatable bonds is 9. The molecule has 170 valence electrons. The van der Waals surface area contributed by atoms with Crippen molar-refractivity contribution in [2.75, 3.05) is 25.0 Å². The van der Waals surface area contributed by atoms with Gasteiger partial charge in [0.05, 0.1) is 12.2 Å². The normalized spacial score (nSPS) is 15.1. The smallest absolute Gasteiger partial charge is 0.243 e. The standard InChI is InChI=1S/C24H29N3O4S/c1-2-23(28)25-17-20-12-14-27(15-13-20)32(30,31)18-21-8-10-22(11-9-21)26-24(29)16-19-6-4-3-5-7-19/h2-11,20H,1,12-18H2,(H,25,28)(H,26,29). The van der Waals surface area contributed by atoms with E-state index in [1.807, 2.05) is 30.3 Å². The molecule has 3 rings (SSSR count). The van der Waals surface area contributed by atoms with Crippen LogP contribution in [0.4, 0.5) is 5.69 Å². The van der Waals surface area contributed by atoms with Crippen LogP contribution in [0.2, 0.25) is 0 Å². The van der Waals surface area contributed by atoms with Crippen LogP contribution in [0.1, 0.15) is 24.0 Å². The SMILES string of the molecule is C=CC(=O)NCC1CCN(S(=O)(=O)Cc2ccc(NC(=O)Cc3ccccc3)cc2)CC1. The van der Waals surface area contributed by atoms with Crippen molar-refractivity contribution in [1.82, 2.24) is 9.62 Å². The molecule has 8 heteroatoms. The Morgan fingerprint density at radius 1 is 1.00 bits per heavy atom. The van der Waals surface area contributed by atoms with Crippen molar-refractivity contribution in [2.24, 2.45) is 5.92 Å². The molecule has 1 heterocycles. The van der Waals surface area contributed by atoms with Crippen LogP contribution in [-0.2, 0) is 31.8 Å². The van der Waals surface area contributed by atoms with Crippen LogP contribution in [0, 0.1) is 5.92 Å². The number of amides is 2. The van der Waals surface area contributed by atoms with E-state index >= 15 is 0 Å². The van der Waals surface area contributed by atoms with Crippen LogP contribution in [0.25, 0.3) is 0 Å². The molecule has 2 aromatic carbocycles. The summed E-state index contributed by atoms with van der Waals surface area (Å²) >= 11 is 0. The molecule has 2 N–H and O–H groups in total. The molecule has 0 radical (unpaired) electrons. The van der Waals surface area contributed by atoms with Gasteiger partial charge in [-0.25, -0.2) is 12.7 Å². The Morgan fingerprint density at radius 2 is 1.66 bits per heavy atom. The summed E-state index contributed by atoms with van der Waals surface area (Å²) in [6.45, 7) is 4.86. The summed E-state index contributed by atoms with van der Waals surface area (Å²) in [5.74, 6) is -0.143. The Bertz CT molecular complexity index is 1030. The number of nitrogens with one attached hydrogen (secondary N) is 2. The van der Waals surface area contributed by atoms with Crippen LogP contribution in [0.5, 0.6) is 0 Å². The molecule has 0 aromatic heterocycles. The van der Waals surface area contributed by atoms with E-state index in [2.05, 4.69) is 17.2 Å². The molecule has 0 unspecified atom stereocenters. The van der Waals surface area contributed by atoms with Crippen molar-refractivity contribution in [2.45, 2.75) is 25.0 Å². The minimum absolute atomic E-state index is 0.0802. The molecule has 0 atom stereocenters. The van der Waals surface area contributed by atoms with Crippen molar-refractivity contribution in [3.8, 4) is 0 Å². The van der Waals surface area contributed by atoms with Crippen LogP contribution in [0.3, 0.4) is 0 Å². The van der Waals surface area contributed by atoms with Crippen molar-refractivity contribution in [3.05, 3.63) is 78.4 Å². The van der Waals surface area contributed by atoms with Gasteiger partial charge in [0.15, 0.2) is 0 Å². The zero-order chi connectivity index (χ0) is 23.0. The van der Waals surface area contributed by atoms with Crippen molar-refractivity contribution >= 4 is 27.5 Å². The van der Waals surface area contributed by atoms with Crippen LogP contribution in [-0.4, -0.2) is 44.2 Å². The van der Waals surface area contributed by atoms with E-state index in [1.165, 1.54) is 10.4 Å². The highest BCUT2D eigenvalue weighted by atomic mass is 32.2. The van der Waals surface area contributed by atoms with E-state index in [1.54, 1.807) is 24.3 Å². The Kier molecular flexibility index (Phi) is 8.19. The van der Waals surface area contributed by atoms with E-state index in [4.69, 9.17) is 0 Å². The monoisotopic (exact) mass is 455 g/mol. The molecule has 7 nitrogen and oxygen atoms in total. The molecular formula is C24H29N3O4S. The zero-order valence-electron chi connectivity index (χ0n) is 18.0. The van der Waals surface area contributed by atoms with E-state index in [0.717, 1.165) is 5.56 Å². The number of benzene rings is 2. The molecule has 0 spiro atoms. The first kappa shape index (κ1) is 23.7. The van der Waals surface area contributed by atoms with E-state index in [-0.39, 0.29) is 29.9 Å². The predicted molar refractivity (Wildman–Crippen MR) is 125 cm³/mol. The van der Waals surface area contributed by atoms with Gasteiger partial charge in [0.2, 0.25) is 21.8 Å². The molecular weight excluding hydrogens is 426 g/mol. The average molecular weight is 456 g/mol. The van der Waals surface area contributed by atoms with Gasteiger partial charge in [-0.3, -0.25) is 9.59 Å². The van der Waals surface area contributed by atoms with Crippen molar-refractivity contribution in [3.63, 3.8) is 0 Å². The summed E-state index contributed by atoms with van der Waals surface area (Å²) in [5.41, 5.74) is 2.24. The first-order chi connectivity index (χ1) is 15.4. The van der Waals surface area contributed by atoms with Gasteiger partial charge in [-0.2, -0.15) is 0 Å². The molecule has 1 saturated heterocycles. The number of carbonyl (C=O) groups is 2. The maximum atomic E-state index is 12.8. The lowest BCUT2D eigenvalue weighted by Crippen LogP contribution is -2.41. The third-order valence-electron chi connectivity index (χ3n) is 5.51. The third kappa shape index (κ3) is 7.03. The number of nitrogens with zero attached hydrogens (tertiary/aromatic N) is 1. The summed E-state index contributed by atoms with van der Waals surface area (Å²) < 4.78 is 27.1. The van der Waals surface area contributed by atoms with Gasteiger partial charge < -0.3 is 10.6 Å². The fourth-order valence-corrected chi connectivity index (χ4v) is 5.24. The minimum atomic E-state index is -3.43. The number of hydrogen-bond acceptors (Lipinski definition) is 4. The van der Waals surface area contributed by atoms with Gasteiger partial charge in [-0.1, -0.05) is 49.0 Å². The fraction of sp³-hybridized carbons (Fsp3) is 0.333. The average Bonchev–Trinajstić information content (AvgIpc) is 2.79. The Balaban J connectivity index is 1.48. The third-order valence-corrected chi connectivity index (χ3v) is 7.36. The molecule has 0 aliphatic carbocycles. The second-order valence-corrected chi connectivity index (χ2v) is 9.92. The number of piperidine rings is 1. The lowest BCUT2D eigenvalue weighted by Gasteiger charge is -2.31. The highest BCUT2D eigenvalue weighted by Gasteiger charge is 2.28.